The average Bonchev–Trinajstić information content (AvgIpc) is 3.60. The molecule has 3 heterocycles. The second kappa shape index (κ2) is 8.82. The molecule has 1 saturated carbocycles. The minimum atomic E-state index is -0.700. The summed E-state index contributed by atoms with van der Waals surface area (Å²) in [4.78, 5) is 43.5. The maximum atomic E-state index is 13.6. The van der Waals surface area contributed by atoms with Crippen LogP contribution in [0.3, 0.4) is 0 Å². The number of aromatic hydroxyl groups is 1. The summed E-state index contributed by atoms with van der Waals surface area (Å²) in [6.45, 7) is 4.89. The van der Waals surface area contributed by atoms with Crippen molar-refractivity contribution in [3.8, 4) is 5.75 Å². The van der Waals surface area contributed by atoms with Gasteiger partial charge in [0.2, 0.25) is 0 Å². The van der Waals surface area contributed by atoms with Gasteiger partial charge in [0.25, 0.3) is 17.4 Å². The second-order valence-corrected chi connectivity index (χ2v) is 10.2. The lowest BCUT2D eigenvalue weighted by molar-refractivity contribution is 0.0670. The van der Waals surface area contributed by atoms with Crippen molar-refractivity contribution in [3.63, 3.8) is 0 Å². The minimum absolute atomic E-state index is 0.0452. The van der Waals surface area contributed by atoms with E-state index in [4.69, 9.17) is 11.6 Å². The zero-order chi connectivity index (χ0) is 25.0. The Bertz CT molecular complexity index is 1330. The normalized spacial score (nSPS) is 19.1. The molecule has 184 valence electrons. The van der Waals surface area contributed by atoms with E-state index in [1.54, 1.807) is 4.90 Å². The fraction of sp³-hybridized carbons (Fsp3) is 0.423. The van der Waals surface area contributed by atoms with Crippen LogP contribution in [0.2, 0.25) is 5.02 Å². The Balaban J connectivity index is 1.52. The largest absolute Gasteiger partial charge is 0.502 e. The summed E-state index contributed by atoms with van der Waals surface area (Å²) in [6, 6.07) is 4.22. The fourth-order valence-corrected chi connectivity index (χ4v) is 5.39. The predicted octanol–water partition coefficient (Wildman–Crippen LogP) is 4.27. The Hall–Kier alpha value is -3.13. The number of pyridine rings is 1. The van der Waals surface area contributed by atoms with E-state index >= 15 is 0 Å². The highest BCUT2D eigenvalue weighted by Gasteiger charge is 2.49. The predicted molar refractivity (Wildman–Crippen MR) is 129 cm³/mol. The topological polar surface area (TPSA) is 82.9 Å². The first-order chi connectivity index (χ1) is 16.7. The summed E-state index contributed by atoms with van der Waals surface area (Å²) in [5, 5.41) is 10.8. The number of aromatic nitrogens is 1. The second-order valence-electron chi connectivity index (χ2n) is 9.77. The van der Waals surface area contributed by atoms with E-state index in [1.807, 2.05) is 13.8 Å². The lowest BCUT2D eigenvalue weighted by Crippen LogP contribution is -2.40. The molecule has 9 heteroatoms. The summed E-state index contributed by atoms with van der Waals surface area (Å²) >= 11 is 5.88. The molecule has 1 unspecified atom stereocenters. The third-order valence-electron chi connectivity index (χ3n) is 6.99. The van der Waals surface area contributed by atoms with E-state index in [-0.39, 0.29) is 34.6 Å². The highest BCUT2D eigenvalue weighted by Crippen LogP contribution is 2.46. The SMILES string of the molecule is CC(C)=CCCN1C(=O)c2c3c(c(O)c(=O)n2C1C1CC1)C(=O)N(Cc1ccc(F)c(Cl)c1)CC3. The van der Waals surface area contributed by atoms with Crippen LogP contribution in [0.15, 0.2) is 34.6 Å². The van der Waals surface area contributed by atoms with Gasteiger partial charge in [-0.1, -0.05) is 29.3 Å². The van der Waals surface area contributed by atoms with Crippen molar-refractivity contribution in [3.05, 3.63) is 73.4 Å². The van der Waals surface area contributed by atoms with Gasteiger partial charge in [-0.05, 0) is 63.1 Å². The molecule has 0 radical (unpaired) electrons. The molecule has 3 aliphatic rings. The molecule has 5 rings (SSSR count). The van der Waals surface area contributed by atoms with Gasteiger partial charge in [0.05, 0.1) is 10.6 Å². The number of carbonyl (C=O) groups is 2. The van der Waals surface area contributed by atoms with Crippen molar-refractivity contribution < 1.29 is 19.1 Å². The number of carbonyl (C=O) groups excluding carboxylic acids is 2. The van der Waals surface area contributed by atoms with E-state index in [9.17, 15) is 23.9 Å². The number of amides is 2. The minimum Gasteiger partial charge on any atom is -0.502 e. The molecule has 1 aromatic heterocycles. The molecule has 7 nitrogen and oxygen atoms in total. The summed E-state index contributed by atoms with van der Waals surface area (Å²) in [7, 11) is 0. The van der Waals surface area contributed by atoms with Gasteiger partial charge >= 0.3 is 0 Å². The van der Waals surface area contributed by atoms with Gasteiger partial charge in [-0.25, -0.2) is 4.39 Å². The molecule has 35 heavy (non-hydrogen) atoms. The van der Waals surface area contributed by atoms with Crippen LogP contribution in [-0.2, 0) is 13.0 Å². The molecule has 1 N–H and O–H groups in total. The molecular weight excluding hydrogens is 473 g/mol. The summed E-state index contributed by atoms with van der Waals surface area (Å²) in [6.07, 6.45) is 4.44. The third-order valence-corrected chi connectivity index (χ3v) is 7.28. The van der Waals surface area contributed by atoms with E-state index in [0.717, 1.165) is 18.4 Å². The van der Waals surface area contributed by atoms with Gasteiger partial charge < -0.3 is 14.9 Å². The smallest absolute Gasteiger partial charge is 0.295 e. The molecular formula is C26H27ClFN3O4. The molecule has 2 aliphatic heterocycles. The Morgan fingerprint density at radius 1 is 1.20 bits per heavy atom. The Labute approximate surface area is 207 Å². The summed E-state index contributed by atoms with van der Waals surface area (Å²) in [5.41, 5.74) is 1.64. The van der Waals surface area contributed by atoms with E-state index < -0.39 is 29.2 Å². The zero-order valence-corrected chi connectivity index (χ0v) is 20.4. The highest BCUT2D eigenvalue weighted by atomic mass is 35.5. The highest BCUT2D eigenvalue weighted by molar-refractivity contribution is 6.30. The number of nitrogens with zero attached hydrogens (tertiary/aromatic N) is 3. The fourth-order valence-electron chi connectivity index (χ4n) is 5.18. The van der Waals surface area contributed by atoms with Crippen molar-refractivity contribution in [1.82, 2.24) is 14.4 Å². The quantitative estimate of drug-likeness (QED) is 0.602. The van der Waals surface area contributed by atoms with E-state index in [2.05, 4.69) is 6.08 Å². The number of benzene rings is 1. The van der Waals surface area contributed by atoms with Crippen LogP contribution in [0.25, 0.3) is 0 Å². The number of rotatable bonds is 6. The monoisotopic (exact) mass is 499 g/mol. The van der Waals surface area contributed by atoms with Gasteiger partial charge in [0, 0.05) is 25.2 Å². The van der Waals surface area contributed by atoms with Crippen LogP contribution < -0.4 is 5.56 Å². The first kappa shape index (κ1) is 23.6. The first-order valence-corrected chi connectivity index (χ1v) is 12.2. The van der Waals surface area contributed by atoms with Crippen LogP contribution in [0, 0.1) is 11.7 Å². The van der Waals surface area contributed by atoms with Crippen LogP contribution in [-0.4, -0.2) is 44.4 Å². The van der Waals surface area contributed by atoms with Gasteiger partial charge in [0.1, 0.15) is 17.7 Å². The molecule has 1 aromatic carbocycles. The Kier molecular flexibility index (Phi) is 5.95. The van der Waals surface area contributed by atoms with Gasteiger partial charge in [-0.3, -0.25) is 19.0 Å². The lowest BCUT2D eigenvalue weighted by atomic mass is 9.95. The van der Waals surface area contributed by atoms with E-state index in [0.29, 0.717) is 37.1 Å². The number of hydrogen-bond acceptors (Lipinski definition) is 4. The molecule has 2 amide bonds. The molecule has 1 atom stereocenters. The molecule has 0 saturated heterocycles. The summed E-state index contributed by atoms with van der Waals surface area (Å²) < 4.78 is 15.0. The van der Waals surface area contributed by atoms with Crippen LogP contribution in [0.5, 0.6) is 5.75 Å². The van der Waals surface area contributed by atoms with Crippen molar-refractivity contribution >= 4 is 23.4 Å². The van der Waals surface area contributed by atoms with Crippen LogP contribution in [0.4, 0.5) is 4.39 Å². The van der Waals surface area contributed by atoms with Crippen LogP contribution >= 0.6 is 11.6 Å². The maximum absolute atomic E-state index is 13.6. The van der Waals surface area contributed by atoms with Crippen molar-refractivity contribution in [1.29, 1.82) is 0 Å². The molecule has 1 fully saturated rings. The summed E-state index contributed by atoms with van der Waals surface area (Å²) in [5.74, 6) is -1.78. The molecule has 0 bridgehead atoms. The molecule has 2 aromatic rings. The van der Waals surface area contributed by atoms with Crippen LogP contribution in [0.1, 0.15) is 71.2 Å². The maximum Gasteiger partial charge on any atom is 0.295 e. The average molecular weight is 500 g/mol. The van der Waals surface area contributed by atoms with Gasteiger partial charge in [0.15, 0.2) is 5.75 Å². The van der Waals surface area contributed by atoms with Crippen molar-refractivity contribution in [2.24, 2.45) is 5.92 Å². The lowest BCUT2D eigenvalue weighted by Gasteiger charge is -2.30. The molecule has 1 aliphatic carbocycles. The number of hydrogen-bond donors (Lipinski definition) is 1. The van der Waals surface area contributed by atoms with Crippen molar-refractivity contribution in [2.45, 2.75) is 52.2 Å². The Morgan fingerprint density at radius 2 is 1.94 bits per heavy atom. The van der Waals surface area contributed by atoms with Gasteiger partial charge in [-0.2, -0.15) is 0 Å². The molecule has 0 spiro atoms. The van der Waals surface area contributed by atoms with E-state index in [1.165, 1.54) is 27.7 Å². The first-order valence-electron chi connectivity index (χ1n) is 11.9. The van der Waals surface area contributed by atoms with Gasteiger partial charge in [-0.15, -0.1) is 0 Å². The third kappa shape index (κ3) is 4.03. The number of fused-ring (bicyclic) bond motifs is 3. The Morgan fingerprint density at radius 3 is 2.60 bits per heavy atom. The number of halogens is 2. The number of allylic oxidation sites excluding steroid dienone is 1. The van der Waals surface area contributed by atoms with Crippen molar-refractivity contribution in [2.75, 3.05) is 13.1 Å². The zero-order valence-electron chi connectivity index (χ0n) is 19.7. The standard InChI is InChI=1S/C26H27ClFN3O4/c1-14(2)4-3-10-30-23(16-6-7-16)31-21(25(30)34)17-9-11-29(24(33)20(17)22(32)26(31)35)13-15-5-8-19(28)18(27)12-15/h4-5,8,12,16,23,32H,3,6-7,9-11,13H2,1-2H3.